The second-order valence-corrected chi connectivity index (χ2v) is 9.96. The fourth-order valence-corrected chi connectivity index (χ4v) is 4.80. The van der Waals surface area contributed by atoms with E-state index >= 15 is 0 Å². The van der Waals surface area contributed by atoms with Gasteiger partial charge >= 0.3 is 0 Å². The average Bonchev–Trinajstić information content (AvgIpc) is 2.50. The maximum absolute atomic E-state index is 12.5. The van der Waals surface area contributed by atoms with Crippen LogP contribution in [-0.4, -0.2) is 40.6 Å². The molecule has 1 saturated heterocycles. The predicted molar refractivity (Wildman–Crippen MR) is 110 cm³/mol. The molecule has 1 aromatic rings. The van der Waals surface area contributed by atoms with E-state index in [9.17, 15) is 9.90 Å². The van der Waals surface area contributed by atoms with Crippen molar-refractivity contribution in [2.45, 2.75) is 70.1 Å². The highest BCUT2D eigenvalue weighted by Gasteiger charge is 2.38. The lowest BCUT2D eigenvalue weighted by atomic mass is 9.81. The van der Waals surface area contributed by atoms with Crippen LogP contribution in [0.3, 0.4) is 0 Å². The minimum Gasteiger partial charge on any atom is -0.390 e. The van der Waals surface area contributed by atoms with Crippen LogP contribution in [-0.2, 0) is 10.3 Å². The van der Waals surface area contributed by atoms with Crippen molar-refractivity contribution in [1.82, 2.24) is 10.2 Å². The van der Waals surface area contributed by atoms with Gasteiger partial charge in [-0.1, -0.05) is 23.2 Å². The summed E-state index contributed by atoms with van der Waals surface area (Å²) in [7, 11) is 0. The van der Waals surface area contributed by atoms with Crippen molar-refractivity contribution >= 4 is 29.1 Å². The molecule has 0 spiro atoms. The molecule has 0 aromatic heterocycles. The molecule has 3 rings (SSSR count). The number of rotatable bonds is 5. The Hall–Kier alpha value is -0.810. The van der Waals surface area contributed by atoms with Gasteiger partial charge in [0.25, 0.3) is 0 Å². The number of amides is 1. The smallest absolute Gasteiger partial charge is 0.221 e. The Morgan fingerprint density at radius 2 is 1.78 bits per heavy atom. The number of hydrogen-bond donors (Lipinski definition) is 2. The van der Waals surface area contributed by atoms with Crippen LogP contribution < -0.4 is 5.32 Å². The van der Waals surface area contributed by atoms with Crippen LogP contribution in [0.25, 0.3) is 0 Å². The zero-order valence-corrected chi connectivity index (χ0v) is 17.9. The summed E-state index contributed by atoms with van der Waals surface area (Å²) in [6, 6.07) is 5.95. The monoisotopic (exact) mass is 412 g/mol. The lowest BCUT2D eigenvalue weighted by Crippen LogP contribution is -2.55. The summed E-state index contributed by atoms with van der Waals surface area (Å²) in [5.41, 5.74) is -0.114. The van der Waals surface area contributed by atoms with Crippen LogP contribution in [0, 0.1) is 5.92 Å². The number of likely N-dealkylation sites (tertiary alicyclic amines) is 1. The van der Waals surface area contributed by atoms with E-state index in [1.807, 2.05) is 32.9 Å². The number of carbonyl (C=O) groups is 1. The molecule has 1 heterocycles. The molecule has 0 radical (unpaired) electrons. The standard InChI is InChI=1S/C21H30Cl2N2O2/c1-20(2,15-9-16(22)11-17(23)10-15)24-19(26)8-14-12-25(13-14)18-4-6-21(3,27)7-5-18/h9-11,14,18,27H,4-8,12-13H2,1-3H3,(H,24,26). The first-order valence-electron chi connectivity index (χ1n) is 9.78. The van der Waals surface area contributed by atoms with Gasteiger partial charge in [0, 0.05) is 35.6 Å². The molecule has 0 atom stereocenters. The van der Waals surface area contributed by atoms with E-state index < -0.39 is 11.1 Å². The van der Waals surface area contributed by atoms with Crippen molar-refractivity contribution in [3.8, 4) is 0 Å². The minimum atomic E-state index is -0.524. The van der Waals surface area contributed by atoms with E-state index in [1.54, 1.807) is 6.07 Å². The van der Waals surface area contributed by atoms with Crippen LogP contribution >= 0.6 is 23.2 Å². The molecule has 1 saturated carbocycles. The number of halogens is 2. The largest absolute Gasteiger partial charge is 0.390 e. The normalized spacial score (nSPS) is 27.3. The highest BCUT2D eigenvalue weighted by Crippen LogP contribution is 2.34. The number of nitrogens with one attached hydrogen (secondary N) is 1. The van der Waals surface area contributed by atoms with Crippen molar-refractivity contribution in [2.75, 3.05) is 13.1 Å². The van der Waals surface area contributed by atoms with E-state index in [2.05, 4.69) is 10.2 Å². The molecule has 2 fully saturated rings. The van der Waals surface area contributed by atoms with Gasteiger partial charge in [-0.05, 0) is 76.1 Å². The number of carbonyl (C=O) groups excluding carboxylic acids is 1. The van der Waals surface area contributed by atoms with Crippen molar-refractivity contribution in [1.29, 1.82) is 0 Å². The highest BCUT2D eigenvalue weighted by atomic mass is 35.5. The van der Waals surface area contributed by atoms with Gasteiger partial charge < -0.3 is 10.4 Å². The molecule has 1 aromatic carbocycles. The van der Waals surface area contributed by atoms with Gasteiger partial charge in [0.05, 0.1) is 11.1 Å². The van der Waals surface area contributed by atoms with Crippen LogP contribution in [0.15, 0.2) is 18.2 Å². The molecule has 4 nitrogen and oxygen atoms in total. The van der Waals surface area contributed by atoms with Gasteiger partial charge in [-0.15, -0.1) is 0 Å². The van der Waals surface area contributed by atoms with E-state index in [4.69, 9.17) is 23.2 Å². The number of hydrogen-bond acceptors (Lipinski definition) is 3. The van der Waals surface area contributed by atoms with Gasteiger partial charge in [-0.2, -0.15) is 0 Å². The Kier molecular flexibility index (Phi) is 6.12. The van der Waals surface area contributed by atoms with Crippen molar-refractivity contribution < 1.29 is 9.90 Å². The quantitative estimate of drug-likeness (QED) is 0.754. The molecule has 1 amide bonds. The Labute approximate surface area is 172 Å². The third kappa shape index (κ3) is 5.38. The predicted octanol–water partition coefficient (Wildman–Crippen LogP) is 4.36. The minimum absolute atomic E-state index is 0.0623. The molecule has 0 unspecified atom stereocenters. The summed E-state index contributed by atoms with van der Waals surface area (Å²) >= 11 is 12.2. The zero-order chi connectivity index (χ0) is 19.8. The number of aliphatic hydroxyl groups is 1. The zero-order valence-electron chi connectivity index (χ0n) is 16.4. The molecule has 27 heavy (non-hydrogen) atoms. The first-order chi connectivity index (χ1) is 12.5. The lowest BCUT2D eigenvalue weighted by Gasteiger charge is -2.47. The van der Waals surface area contributed by atoms with Crippen molar-refractivity contribution in [3.05, 3.63) is 33.8 Å². The third-order valence-electron chi connectivity index (χ3n) is 6.04. The van der Waals surface area contributed by atoms with Crippen molar-refractivity contribution in [3.63, 3.8) is 0 Å². The summed E-state index contributed by atoms with van der Waals surface area (Å²) in [6.45, 7) is 7.82. The van der Waals surface area contributed by atoms with Crippen LogP contribution in [0.2, 0.25) is 10.0 Å². The fraction of sp³-hybridized carbons (Fsp3) is 0.667. The summed E-state index contributed by atoms with van der Waals surface area (Å²) in [5, 5.41) is 14.3. The molecule has 0 bridgehead atoms. The number of nitrogens with zero attached hydrogens (tertiary/aromatic N) is 1. The van der Waals surface area contributed by atoms with Gasteiger partial charge in [0.15, 0.2) is 0 Å². The Balaban J connectivity index is 1.46. The summed E-state index contributed by atoms with van der Waals surface area (Å²) < 4.78 is 0. The summed E-state index contributed by atoms with van der Waals surface area (Å²) in [4.78, 5) is 15.0. The fourth-order valence-electron chi connectivity index (χ4n) is 4.28. The van der Waals surface area contributed by atoms with E-state index in [0.29, 0.717) is 28.4 Å². The summed E-state index contributed by atoms with van der Waals surface area (Å²) in [5.74, 6) is 0.471. The third-order valence-corrected chi connectivity index (χ3v) is 6.48. The first-order valence-corrected chi connectivity index (χ1v) is 10.5. The average molecular weight is 413 g/mol. The Morgan fingerprint density at radius 1 is 1.22 bits per heavy atom. The van der Waals surface area contributed by atoms with Gasteiger partial charge in [-0.25, -0.2) is 0 Å². The summed E-state index contributed by atoms with van der Waals surface area (Å²) in [6.07, 6.45) is 4.38. The maximum Gasteiger partial charge on any atom is 0.221 e. The van der Waals surface area contributed by atoms with Crippen LogP contribution in [0.1, 0.15) is 58.4 Å². The van der Waals surface area contributed by atoms with E-state index in [0.717, 1.165) is 44.3 Å². The molecule has 150 valence electrons. The number of benzene rings is 1. The second kappa shape index (κ2) is 7.90. The maximum atomic E-state index is 12.5. The molecule has 2 N–H and O–H groups in total. The molecule has 1 aliphatic carbocycles. The molecular weight excluding hydrogens is 383 g/mol. The highest BCUT2D eigenvalue weighted by molar-refractivity contribution is 6.34. The topological polar surface area (TPSA) is 52.6 Å². The molecule has 6 heteroatoms. The van der Waals surface area contributed by atoms with Gasteiger partial charge in [0.1, 0.15) is 0 Å². The molecule has 1 aliphatic heterocycles. The van der Waals surface area contributed by atoms with Gasteiger partial charge in [0.2, 0.25) is 5.91 Å². The second-order valence-electron chi connectivity index (χ2n) is 9.08. The first kappa shape index (κ1) is 20.9. The molecular formula is C21H30Cl2N2O2. The lowest BCUT2D eigenvalue weighted by molar-refractivity contribution is -0.125. The van der Waals surface area contributed by atoms with E-state index in [-0.39, 0.29) is 5.91 Å². The van der Waals surface area contributed by atoms with Crippen molar-refractivity contribution in [2.24, 2.45) is 5.92 Å². The van der Waals surface area contributed by atoms with Crippen LogP contribution in [0.5, 0.6) is 0 Å². The Bertz CT molecular complexity index is 669. The van der Waals surface area contributed by atoms with Gasteiger partial charge in [-0.3, -0.25) is 9.69 Å². The molecule has 2 aliphatic rings. The van der Waals surface area contributed by atoms with Crippen LogP contribution in [0.4, 0.5) is 0 Å². The Morgan fingerprint density at radius 3 is 2.33 bits per heavy atom. The SMILES string of the molecule is CC1(O)CCC(N2CC(CC(=O)NC(C)(C)c3cc(Cl)cc(Cl)c3)C2)CC1. The van der Waals surface area contributed by atoms with E-state index in [1.165, 1.54) is 0 Å².